The van der Waals surface area contributed by atoms with Gasteiger partial charge in [-0.05, 0) is 67.4 Å². The van der Waals surface area contributed by atoms with Crippen LogP contribution in [0.25, 0.3) is 22.2 Å². The second-order valence-electron chi connectivity index (χ2n) is 9.83. The quantitative estimate of drug-likeness (QED) is 0.212. The molecule has 9 heteroatoms. The minimum Gasteiger partial charge on any atom is -0.464 e. The van der Waals surface area contributed by atoms with E-state index in [1.54, 1.807) is 42.5 Å². The largest absolute Gasteiger partial charge is 0.464 e. The molecule has 0 bridgehead atoms. The summed E-state index contributed by atoms with van der Waals surface area (Å²) in [5.41, 5.74) is 3.24. The third kappa shape index (κ3) is 6.04. The minimum atomic E-state index is -4.51. The van der Waals surface area contributed by atoms with Crippen molar-refractivity contribution in [3.63, 3.8) is 0 Å². The summed E-state index contributed by atoms with van der Waals surface area (Å²) in [4.78, 5) is 27.9. The van der Waals surface area contributed by atoms with E-state index < -0.39 is 17.6 Å². The first-order chi connectivity index (χ1) is 19.6. The zero-order valence-corrected chi connectivity index (χ0v) is 22.5. The highest BCUT2D eigenvalue weighted by Crippen LogP contribution is 2.31. The summed E-state index contributed by atoms with van der Waals surface area (Å²) in [7, 11) is 1.75. The molecule has 0 unspecified atom stereocenters. The summed E-state index contributed by atoms with van der Waals surface area (Å²) in [5, 5.41) is 3.47. The van der Waals surface area contributed by atoms with Crippen molar-refractivity contribution in [1.82, 2.24) is 9.47 Å². The Morgan fingerprint density at radius 2 is 1.73 bits per heavy atom. The number of carbonyl (C=O) groups is 2. The van der Waals surface area contributed by atoms with Gasteiger partial charge in [-0.1, -0.05) is 36.4 Å². The predicted molar refractivity (Wildman–Crippen MR) is 152 cm³/mol. The molecule has 41 heavy (non-hydrogen) atoms. The molecule has 0 saturated carbocycles. The van der Waals surface area contributed by atoms with Crippen LogP contribution >= 0.6 is 0 Å². The summed E-state index contributed by atoms with van der Waals surface area (Å²) in [6.07, 6.45) is -2.32. The molecule has 0 atom stereocenters. The Labute approximate surface area is 235 Å². The zero-order chi connectivity index (χ0) is 29.1. The number of anilines is 1. The Balaban J connectivity index is 1.34. The van der Waals surface area contributed by atoms with Crippen molar-refractivity contribution in [1.29, 1.82) is 0 Å². The van der Waals surface area contributed by atoms with Gasteiger partial charge in [-0.15, -0.1) is 0 Å². The van der Waals surface area contributed by atoms with Crippen LogP contribution in [0.2, 0.25) is 0 Å². The van der Waals surface area contributed by atoms with Crippen LogP contribution < -0.4 is 5.32 Å². The lowest BCUT2D eigenvalue weighted by atomic mass is 10.1. The molecule has 0 radical (unpaired) electrons. The second kappa shape index (κ2) is 11.4. The summed E-state index contributed by atoms with van der Waals surface area (Å²) in [5.74, 6) is -0.610. The van der Waals surface area contributed by atoms with Gasteiger partial charge in [0.15, 0.2) is 0 Å². The molecular weight excluding hydrogens is 531 g/mol. The van der Waals surface area contributed by atoms with E-state index in [9.17, 15) is 22.8 Å². The maximum Gasteiger partial charge on any atom is 0.416 e. The average Bonchev–Trinajstić information content (AvgIpc) is 3.56. The standard InChI is InChI=1S/C32H28F3N3O3/c1-21-27(30(39)36-26-11-6-10-25(19-26)32(33,34)35)20-28(22-8-4-3-5-9-22)38(21)16-7-15-37(2)31(40)24-12-13-29-23(18-24)14-17-41-29/h3-6,8-14,17-20H,7,15-16H2,1-2H3,(H,36,39). The number of amides is 2. The van der Waals surface area contributed by atoms with Gasteiger partial charge in [-0.2, -0.15) is 13.2 Å². The number of benzene rings is 3. The van der Waals surface area contributed by atoms with Gasteiger partial charge in [-0.25, -0.2) is 0 Å². The molecule has 210 valence electrons. The van der Waals surface area contributed by atoms with E-state index in [0.717, 1.165) is 28.8 Å². The van der Waals surface area contributed by atoms with Crippen molar-refractivity contribution in [2.45, 2.75) is 26.1 Å². The first kappa shape index (κ1) is 27.8. The summed E-state index contributed by atoms with van der Waals surface area (Å²) in [6, 6.07) is 23.0. The van der Waals surface area contributed by atoms with Crippen LogP contribution in [0, 0.1) is 6.92 Å². The summed E-state index contributed by atoms with van der Waals surface area (Å²) >= 11 is 0. The molecule has 0 aliphatic rings. The van der Waals surface area contributed by atoms with Crippen LogP contribution in [0.3, 0.4) is 0 Å². The number of hydrogen-bond acceptors (Lipinski definition) is 3. The SMILES string of the molecule is Cc1c(C(=O)Nc2cccc(C(F)(F)F)c2)cc(-c2ccccc2)n1CCCN(C)C(=O)c1ccc2occc2c1. The first-order valence-electron chi connectivity index (χ1n) is 13.1. The van der Waals surface area contributed by atoms with Crippen LogP contribution in [0.1, 0.15) is 38.4 Å². The first-order valence-corrected chi connectivity index (χ1v) is 13.1. The molecule has 3 aromatic carbocycles. The molecule has 5 aromatic rings. The van der Waals surface area contributed by atoms with E-state index in [1.807, 2.05) is 47.9 Å². The molecule has 2 heterocycles. The van der Waals surface area contributed by atoms with E-state index in [-0.39, 0.29) is 11.6 Å². The summed E-state index contributed by atoms with van der Waals surface area (Å²) < 4.78 is 46.8. The number of hydrogen-bond donors (Lipinski definition) is 1. The number of aromatic nitrogens is 1. The number of fused-ring (bicyclic) bond motifs is 1. The number of halogens is 3. The number of nitrogens with one attached hydrogen (secondary N) is 1. The second-order valence-corrected chi connectivity index (χ2v) is 9.83. The molecule has 1 N–H and O–H groups in total. The molecule has 0 saturated heterocycles. The summed E-state index contributed by atoms with van der Waals surface area (Å²) in [6.45, 7) is 2.80. The van der Waals surface area contributed by atoms with E-state index in [2.05, 4.69) is 5.32 Å². The molecule has 0 fully saturated rings. The van der Waals surface area contributed by atoms with E-state index in [1.165, 1.54) is 12.1 Å². The zero-order valence-electron chi connectivity index (χ0n) is 22.5. The van der Waals surface area contributed by atoms with Gasteiger partial charge in [0.05, 0.1) is 17.4 Å². The molecule has 0 aliphatic carbocycles. The van der Waals surface area contributed by atoms with Gasteiger partial charge in [0.2, 0.25) is 0 Å². The Kier molecular flexibility index (Phi) is 7.70. The average molecular weight is 560 g/mol. The molecule has 2 amide bonds. The van der Waals surface area contributed by atoms with Crippen LogP contribution in [-0.4, -0.2) is 34.9 Å². The third-order valence-electron chi connectivity index (χ3n) is 7.05. The fourth-order valence-electron chi connectivity index (χ4n) is 4.87. The van der Waals surface area contributed by atoms with Crippen molar-refractivity contribution in [3.8, 4) is 11.3 Å². The fourth-order valence-corrected chi connectivity index (χ4v) is 4.87. The number of furan rings is 1. The Hall–Kier alpha value is -4.79. The molecule has 6 nitrogen and oxygen atoms in total. The maximum atomic E-state index is 13.2. The Morgan fingerprint density at radius 1 is 0.951 bits per heavy atom. The molecule has 0 spiro atoms. The normalized spacial score (nSPS) is 11.5. The van der Waals surface area contributed by atoms with Gasteiger partial charge in [0.1, 0.15) is 5.58 Å². The van der Waals surface area contributed by atoms with Crippen molar-refractivity contribution in [3.05, 3.63) is 114 Å². The number of rotatable bonds is 8. The van der Waals surface area contributed by atoms with Gasteiger partial charge in [0.25, 0.3) is 11.8 Å². The van der Waals surface area contributed by atoms with E-state index in [0.29, 0.717) is 41.9 Å². The van der Waals surface area contributed by atoms with Crippen molar-refractivity contribution in [2.24, 2.45) is 0 Å². The maximum absolute atomic E-state index is 13.2. The lowest BCUT2D eigenvalue weighted by molar-refractivity contribution is -0.137. The van der Waals surface area contributed by atoms with Gasteiger partial charge in [0, 0.05) is 48.2 Å². The van der Waals surface area contributed by atoms with Gasteiger partial charge >= 0.3 is 6.18 Å². The highest BCUT2D eigenvalue weighted by atomic mass is 19.4. The number of carbonyl (C=O) groups excluding carboxylic acids is 2. The minimum absolute atomic E-state index is 0.0620. The Morgan fingerprint density at radius 3 is 2.49 bits per heavy atom. The van der Waals surface area contributed by atoms with Crippen molar-refractivity contribution >= 4 is 28.5 Å². The van der Waals surface area contributed by atoms with Crippen molar-refractivity contribution in [2.75, 3.05) is 18.9 Å². The number of nitrogens with zero attached hydrogens (tertiary/aromatic N) is 2. The highest BCUT2D eigenvalue weighted by Gasteiger charge is 2.30. The molecular formula is C32H28F3N3O3. The van der Waals surface area contributed by atoms with E-state index in [4.69, 9.17) is 4.42 Å². The lowest BCUT2D eigenvalue weighted by Crippen LogP contribution is -2.28. The molecule has 5 rings (SSSR count). The van der Waals surface area contributed by atoms with Gasteiger partial charge < -0.3 is 19.2 Å². The fraction of sp³-hybridized carbons (Fsp3) is 0.188. The highest BCUT2D eigenvalue weighted by molar-refractivity contribution is 6.06. The third-order valence-corrected chi connectivity index (χ3v) is 7.05. The van der Waals surface area contributed by atoms with Crippen LogP contribution in [0.5, 0.6) is 0 Å². The van der Waals surface area contributed by atoms with Crippen LogP contribution in [0.4, 0.5) is 18.9 Å². The van der Waals surface area contributed by atoms with Crippen molar-refractivity contribution < 1.29 is 27.2 Å². The topological polar surface area (TPSA) is 67.5 Å². The number of alkyl halides is 3. The Bertz CT molecular complexity index is 1700. The van der Waals surface area contributed by atoms with E-state index >= 15 is 0 Å². The molecule has 0 aliphatic heterocycles. The lowest BCUT2D eigenvalue weighted by Gasteiger charge is -2.19. The smallest absolute Gasteiger partial charge is 0.416 e. The molecule has 2 aromatic heterocycles. The van der Waals surface area contributed by atoms with Gasteiger partial charge in [-0.3, -0.25) is 9.59 Å². The van der Waals surface area contributed by atoms with Crippen LogP contribution in [-0.2, 0) is 12.7 Å². The van der Waals surface area contributed by atoms with Crippen LogP contribution in [0.15, 0.2) is 95.6 Å². The monoisotopic (exact) mass is 559 g/mol. The predicted octanol–water partition coefficient (Wildman–Crippen LogP) is 7.64.